The molecule has 1 atom stereocenters. The first-order valence-electron chi connectivity index (χ1n) is 8.94. The summed E-state index contributed by atoms with van der Waals surface area (Å²) in [5.41, 5.74) is 1.60. The molecule has 9 heteroatoms. The molecule has 0 spiro atoms. The summed E-state index contributed by atoms with van der Waals surface area (Å²) in [6.07, 6.45) is 2.55. The van der Waals surface area contributed by atoms with Crippen LogP contribution >= 0.6 is 0 Å². The molecule has 2 heterocycles. The minimum atomic E-state index is -0.824. The molecule has 0 aliphatic heterocycles. The summed E-state index contributed by atoms with van der Waals surface area (Å²) in [6.45, 7) is 2.40. The number of anilines is 1. The van der Waals surface area contributed by atoms with Crippen LogP contribution in [0, 0.1) is 0 Å². The van der Waals surface area contributed by atoms with E-state index >= 15 is 0 Å². The Morgan fingerprint density at radius 2 is 2.04 bits per heavy atom. The molecule has 0 fully saturated rings. The Balaban J connectivity index is 1.67. The van der Waals surface area contributed by atoms with Gasteiger partial charge in [0.05, 0.1) is 31.7 Å². The number of nitrogens with one attached hydrogen (secondary N) is 1. The number of esters is 1. The van der Waals surface area contributed by atoms with Crippen LogP contribution in [0.3, 0.4) is 0 Å². The molecule has 2 N–H and O–H groups in total. The number of ether oxygens (including phenoxy) is 1. The quantitative estimate of drug-likeness (QED) is 0.569. The third kappa shape index (κ3) is 4.89. The van der Waals surface area contributed by atoms with Gasteiger partial charge in [-0.3, -0.25) is 14.9 Å². The van der Waals surface area contributed by atoms with Gasteiger partial charge in [-0.1, -0.05) is 18.2 Å². The number of aryl methyl sites for hydroxylation is 1. The van der Waals surface area contributed by atoms with Crippen molar-refractivity contribution >= 4 is 29.0 Å². The largest absolute Gasteiger partial charge is 0.466 e. The van der Waals surface area contributed by atoms with E-state index in [9.17, 15) is 14.7 Å². The number of imidazole rings is 1. The molecule has 1 amide bonds. The Morgan fingerprint density at radius 1 is 1.25 bits per heavy atom. The van der Waals surface area contributed by atoms with E-state index in [2.05, 4.69) is 20.3 Å². The van der Waals surface area contributed by atoms with E-state index in [-0.39, 0.29) is 24.9 Å². The topological polar surface area (TPSA) is 119 Å². The number of carbonyl (C=O) groups excluding carboxylic acids is 2. The zero-order chi connectivity index (χ0) is 19.9. The van der Waals surface area contributed by atoms with Crippen LogP contribution in [-0.2, 0) is 16.1 Å². The SMILES string of the molecule is CCOC(=O)CC(O)CCn1cnc2cnc(NC(=O)c3ccccc3)nc21. The molecule has 0 bridgehead atoms. The fraction of sp³-hybridized carbons (Fsp3) is 0.316. The van der Waals surface area contributed by atoms with Crippen molar-refractivity contribution in [2.75, 3.05) is 11.9 Å². The lowest BCUT2D eigenvalue weighted by atomic mass is 10.2. The first kappa shape index (κ1) is 19.4. The van der Waals surface area contributed by atoms with Gasteiger partial charge in [-0.25, -0.2) is 9.97 Å². The summed E-state index contributed by atoms with van der Waals surface area (Å²) in [5, 5.41) is 12.7. The lowest BCUT2D eigenvalue weighted by Crippen LogP contribution is -2.18. The van der Waals surface area contributed by atoms with Crippen molar-refractivity contribution in [1.29, 1.82) is 0 Å². The van der Waals surface area contributed by atoms with Crippen molar-refractivity contribution in [2.24, 2.45) is 0 Å². The van der Waals surface area contributed by atoms with Gasteiger partial charge in [0, 0.05) is 12.1 Å². The number of aromatic nitrogens is 4. The highest BCUT2D eigenvalue weighted by Gasteiger charge is 2.14. The summed E-state index contributed by atoms with van der Waals surface area (Å²) in [7, 11) is 0. The third-order valence-corrected chi connectivity index (χ3v) is 4.03. The Hall–Kier alpha value is -3.33. The van der Waals surface area contributed by atoms with E-state index in [4.69, 9.17) is 4.74 Å². The number of benzene rings is 1. The van der Waals surface area contributed by atoms with Gasteiger partial charge in [0.15, 0.2) is 5.65 Å². The molecule has 146 valence electrons. The highest BCUT2D eigenvalue weighted by atomic mass is 16.5. The Bertz CT molecular complexity index is 957. The van der Waals surface area contributed by atoms with E-state index in [0.29, 0.717) is 29.7 Å². The molecule has 9 nitrogen and oxygen atoms in total. The van der Waals surface area contributed by atoms with E-state index < -0.39 is 12.1 Å². The van der Waals surface area contributed by atoms with Crippen LogP contribution in [0.5, 0.6) is 0 Å². The maximum atomic E-state index is 12.3. The molecule has 0 saturated heterocycles. The third-order valence-electron chi connectivity index (χ3n) is 4.03. The number of carbonyl (C=O) groups is 2. The average Bonchev–Trinajstić information content (AvgIpc) is 3.09. The van der Waals surface area contributed by atoms with Gasteiger partial charge in [-0.2, -0.15) is 4.98 Å². The van der Waals surface area contributed by atoms with Crippen LogP contribution in [0.4, 0.5) is 5.95 Å². The van der Waals surface area contributed by atoms with E-state index in [1.165, 1.54) is 6.20 Å². The molecule has 0 radical (unpaired) electrons. The highest BCUT2D eigenvalue weighted by molar-refractivity contribution is 6.03. The number of aliphatic hydroxyl groups excluding tert-OH is 1. The van der Waals surface area contributed by atoms with Gasteiger partial charge in [0.2, 0.25) is 5.95 Å². The lowest BCUT2D eigenvalue weighted by molar-refractivity contribution is -0.145. The van der Waals surface area contributed by atoms with Crippen molar-refractivity contribution in [3.05, 3.63) is 48.4 Å². The summed E-state index contributed by atoms with van der Waals surface area (Å²) in [6, 6.07) is 8.77. The zero-order valence-electron chi connectivity index (χ0n) is 15.4. The normalized spacial score (nSPS) is 11.9. The standard InChI is InChI=1S/C19H21N5O4/c1-2-28-16(26)10-14(25)8-9-24-12-21-15-11-20-19(22-17(15)24)23-18(27)13-6-4-3-5-7-13/h3-7,11-12,14,25H,2,8-10H2,1H3,(H,20,22,23,27). The fourth-order valence-electron chi connectivity index (χ4n) is 2.65. The molecule has 0 aliphatic rings. The van der Waals surface area contributed by atoms with Crippen molar-refractivity contribution in [3.8, 4) is 0 Å². The minimum Gasteiger partial charge on any atom is -0.466 e. The van der Waals surface area contributed by atoms with Gasteiger partial charge in [-0.05, 0) is 25.5 Å². The lowest BCUT2D eigenvalue weighted by Gasteiger charge is -2.10. The number of fused-ring (bicyclic) bond motifs is 1. The predicted octanol–water partition coefficient (Wildman–Crippen LogP) is 1.78. The molecule has 2 aromatic heterocycles. The molecular weight excluding hydrogens is 362 g/mol. The summed E-state index contributed by atoms with van der Waals surface area (Å²) in [5.74, 6) is -0.579. The number of nitrogens with zero attached hydrogens (tertiary/aromatic N) is 4. The highest BCUT2D eigenvalue weighted by Crippen LogP contribution is 2.14. The molecule has 0 saturated carbocycles. The van der Waals surface area contributed by atoms with Crippen LogP contribution in [0.25, 0.3) is 11.2 Å². The Morgan fingerprint density at radius 3 is 2.79 bits per heavy atom. The summed E-state index contributed by atoms with van der Waals surface area (Å²) < 4.78 is 6.57. The van der Waals surface area contributed by atoms with Crippen LogP contribution in [0.15, 0.2) is 42.9 Å². The van der Waals surface area contributed by atoms with Crippen molar-refractivity contribution < 1.29 is 19.4 Å². The second-order valence-electron chi connectivity index (χ2n) is 6.11. The van der Waals surface area contributed by atoms with Gasteiger partial charge in [-0.15, -0.1) is 0 Å². The first-order valence-corrected chi connectivity index (χ1v) is 8.94. The number of rotatable bonds is 8. The van der Waals surface area contributed by atoms with Crippen molar-refractivity contribution in [1.82, 2.24) is 19.5 Å². The van der Waals surface area contributed by atoms with Crippen molar-refractivity contribution in [2.45, 2.75) is 32.4 Å². The number of hydrogen-bond acceptors (Lipinski definition) is 7. The van der Waals surface area contributed by atoms with Gasteiger partial charge in [0.1, 0.15) is 5.52 Å². The number of aliphatic hydroxyl groups is 1. The maximum Gasteiger partial charge on any atom is 0.308 e. The van der Waals surface area contributed by atoms with Crippen LogP contribution in [-0.4, -0.2) is 49.2 Å². The van der Waals surface area contributed by atoms with E-state index in [1.54, 1.807) is 42.1 Å². The van der Waals surface area contributed by atoms with Crippen LogP contribution < -0.4 is 5.32 Å². The van der Waals surface area contributed by atoms with Gasteiger partial charge >= 0.3 is 5.97 Å². The average molecular weight is 383 g/mol. The smallest absolute Gasteiger partial charge is 0.308 e. The molecular formula is C19H21N5O4. The molecule has 3 aromatic rings. The van der Waals surface area contributed by atoms with Gasteiger partial charge < -0.3 is 14.4 Å². The fourth-order valence-corrected chi connectivity index (χ4v) is 2.65. The number of hydrogen-bond donors (Lipinski definition) is 2. The summed E-state index contributed by atoms with van der Waals surface area (Å²) in [4.78, 5) is 36.4. The van der Waals surface area contributed by atoms with E-state index in [1.807, 2.05) is 6.07 Å². The second kappa shape index (κ2) is 9.05. The Kier molecular flexibility index (Phi) is 6.28. The molecule has 3 rings (SSSR count). The van der Waals surface area contributed by atoms with Crippen molar-refractivity contribution in [3.63, 3.8) is 0 Å². The maximum absolute atomic E-state index is 12.3. The zero-order valence-corrected chi connectivity index (χ0v) is 15.4. The van der Waals surface area contributed by atoms with Crippen LogP contribution in [0.2, 0.25) is 0 Å². The Labute approximate surface area is 161 Å². The first-order chi connectivity index (χ1) is 13.6. The van der Waals surface area contributed by atoms with Crippen LogP contribution in [0.1, 0.15) is 30.1 Å². The van der Waals surface area contributed by atoms with Gasteiger partial charge in [0.25, 0.3) is 5.91 Å². The summed E-state index contributed by atoms with van der Waals surface area (Å²) >= 11 is 0. The minimum absolute atomic E-state index is 0.0617. The van der Waals surface area contributed by atoms with E-state index in [0.717, 1.165) is 0 Å². The molecule has 1 unspecified atom stereocenters. The monoisotopic (exact) mass is 383 g/mol. The molecule has 1 aromatic carbocycles. The number of amides is 1. The molecule has 0 aliphatic carbocycles. The molecule has 28 heavy (non-hydrogen) atoms. The predicted molar refractivity (Wildman–Crippen MR) is 102 cm³/mol. The second-order valence-corrected chi connectivity index (χ2v) is 6.11.